The van der Waals surface area contributed by atoms with E-state index in [-0.39, 0.29) is 0 Å². The number of aromatic nitrogens is 5. The Morgan fingerprint density at radius 2 is 1.62 bits per heavy atom. The summed E-state index contributed by atoms with van der Waals surface area (Å²) in [5.74, 6) is 0.690. The van der Waals surface area contributed by atoms with E-state index in [0.29, 0.717) is 12.4 Å². The molecule has 2 heterocycles. The van der Waals surface area contributed by atoms with Crippen LogP contribution in [0.25, 0.3) is 22.6 Å². The van der Waals surface area contributed by atoms with Crippen LogP contribution >= 0.6 is 0 Å². The molecule has 0 fully saturated rings. The van der Waals surface area contributed by atoms with Gasteiger partial charge in [0.05, 0.1) is 12.8 Å². The Bertz CT molecular complexity index is 1350. The molecule has 0 radical (unpaired) electrons. The lowest BCUT2D eigenvalue weighted by Crippen LogP contribution is -2.00. The normalized spacial score (nSPS) is 11.3. The van der Waals surface area contributed by atoms with Crippen LogP contribution in [0, 0.1) is 6.92 Å². The SMILES string of the molecule is Cc1cccc(-c2nn(Cc3ccccc3)cc2/C=N\n2cnnc2-c2ccccc2)c1. The van der Waals surface area contributed by atoms with Gasteiger partial charge in [-0.2, -0.15) is 14.9 Å². The molecule has 5 aromatic rings. The third-order valence-electron chi connectivity index (χ3n) is 5.15. The van der Waals surface area contributed by atoms with Crippen molar-refractivity contribution < 1.29 is 0 Å². The number of benzene rings is 3. The maximum Gasteiger partial charge on any atom is 0.184 e. The van der Waals surface area contributed by atoms with Gasteiger partial charge in [-0.05, 0) is 18.6 Å². The third-order valence-corrected chi connectivity index (χ3v) is 5.15. The van der Waals surface area contributed by atoms with Gasteiger partial charge >= 0.3 is 0 Å². The van der Waals surface area contributed by atoms with Crippen LogP contribution in [-0.4, -0.2) is 30.9 Å². The summed E-state index contributed by atoms with van der Waals surface area (Å²) >= 11 is 0. The van der Waals surface area contributed by atoms with Crippen molar-refractivity contribution in [3.63, 3.8) is 0 Å². The summed E-state index contributed by atoms with van der Waals surface area (Å²) in [6.45, 7) is 2.77. The largest absolute Gasteiger partial charge is 0.267 e. The molecular weight excluding hydrogens is 396 g/mol. The van der Waals surface area contributed by atoms with Crippen molar-refractivity contribution >= 4 is 6.21 Å². The molecule has 156 valence electrons. The first-order valence-corrected chi connectivity index (χ1v) is 10.4. The van der Waals surface area contributed by atoms with E-state index in [4.69, 9.17) is 5.10 Å². The van der Waals surface area contributed by atoms with E-state index in [0.717, 1.165) is 22.4 Å². The fourth-order valence-corrected chi connectivity index (χ4v) is 3.62. The molecule has 5 rings (SSSR count). The van der Waals surface area contributed by atoms with Gasteiger partial charge in [-0.25, -0.2) is 0 Å². The molecule has 3 aromatic carbocycles. The van der Waals surface area contributed by atoms with Gasteiger partial charge in [0.2, 0.25) is 0 Å². The van der Waals surface area contributed by atoms with Crippen LogP contribution < -0.4 is 0 Å². The fraction of sp³-hybridized carbons (Fsp3) is 0.0769. The van der Waals surface area contributed by atoms with Crippen LogP contribution in [0.5, 0.6) is 0 Å². The highest BCUT2D eigenvalue weighted by molar-refractivity contribution is 5.88. The summed E-state index contributed by atoms with van der Waals surface area (Å²) < 4.78 is 3.64. The Labute approximate surface area is 186 Å². The monoisotopic (exact) mass is 418 g/mol. The molecular formula is C26H22N6. The van der Waals surface area contributed by atoms with Gasteiger partial charge in [-0.15, -0.1) is 10.2 Å². The van der Waals surface area contributed by atoms with E-state index < -0.39 is 0 Å². The predicted molar refractivity (Wildman–Crippen MR) is 126 cm³/mol. The molecule has 32 heavy (non-hydrogen) atoms. The Balaban J connectivity index is 1.52. The molecule has 0 unspecified atom stereocenters. The number of hydrogen-bond acceptors (Lipinski definition) is 4. The predicted octanol–water partition coefficient (Wildman–Crippen LogP) is 5.05. The molecule has 0 aliphatic carbocycles. The number of nitrogens with zero attached hydrogens (tertiary/aromatic N) is 6. The van der Waals surface area contributed by atoms with Crippen molar-refractivity contribution in [1.82, 2.24) is 24.7 Å². The Hall–Kier alpha value is -4.32. The minimum atomic E-state index is 0.690. The van der Waals surface area contributed by atoms with Crippen LogP contribution in [0.1, 0.15) is 16.7 Å². The topological polar surface area (TPSA) is 60.9 Å². The second kappa shape index (κ2) is 8.81. The van der Waals surface area contributed by atoms with Crippen molar-refractivity contribution in [2.75, 3.05) is 0 Å². The van der Waals surface area contributed by atoms with E-state index in [2.05, 4.69) is 58.6 Å². The van der Waals surface area contributed by atoms with Gasteiger partial charge in [-0.3, -0.25) is 4.68 Å². The lowest BCUT2D eigenvalue weighted by Gasteiger charge is -2.02. The minimum absolute atomic E-state index is 0.690. The first kappa shape index (κ1) is 19.6. The zero-order valence-electron chi connectivity index (χ0n) is 17.7. The molecule has 0 N–H and O–H groups in total. The lowest BCUT2D eigenvalue weighted by molar-refractivity contribution is 0.689. The van der Waals surface area contributed by atoms with Gasteiger partial charge in [0.15, 0.2) is 5.82 Å². The van der Waals surface area contributed by atoms with Crippen molar-refractivity contribution in [2.45, 2.75) is 13.5 Å². The van der Waals surface area contributed by atoms with Crippen LogP contribution in [0.4, 0.5) is 0 Å². The highest BCUT2D eigenvalue weighted by Gasteiger charge is 2.12. The lowest BCUT2D eigenvalue weighted by atomic mass is 10.1. The molecule has 0 amide bonds. The molecule has 0 spiro atoms. The summed E-state index contributed by atoms with van der Waals surface area (Å²) in [5, 5.41) is 17.8. The van der Waals surface area contributed by atoms with Gasteiger partial charge < -0.3 is 0 Å². The highest BCUT2D eigenvalue weighted by atomic mass is 15.4. The van der Waals surface area contributed by atoms with E-state index in [1.165, 1.54) is 11.1 Å². The first-order valence-electron chi connectivity index (χ1n) is 10.4. The highest BCUT2D eigenvalue weighted by Crippen LogP contribution is 2.23. The Morgan fingerprint density at radius 3 is 2.41 bits per heavy atom. The molecule has 6 heteroatoms. The van der Waals surface area contributed by atoms with Crippen LogP contribution in [-0.2, 0) is 6.54 Å². The molecule has 6 nitrogen and oxygen atoms in total. The summed E-state index contributed by atoms with van der Waals surface area (Å²) in [7, 11) is 0. The molecule has 0 bridgehead atoms. The van der Waals surface area contributed by atoms with Crippen LogP contribution in [0.15, 0.2) is 103 Å². The summed E-state index contributed by atoms with van der Waals surface area (Å²) in [6.07, 6.45) is 5.46. The zero-order valence-corrected chi connectivity index (χ0v) is 17.7. The second-order valence-electron chi connectivity index (χ2n) is 7.60. The minimum Gasteiger partial charge on any atom is -0.267 e. The van der Waals surface area contributed by atoms with Crippen LogP contribution in [0.2, 0.25) is 0 Å². The molecule has 2 aromatic heterocycles. The molecule has 0 atom stereocenters. The molecule has 0 saturated heterocycles. The number of hydrogen-bond donors (Lipinski definition) is 0. The van der Waals surface area contributed by atoms with E-state index >= 15 is 0 Å². The van der Waals surface area contributed by atoms with E-state index in [9.17, 15) is 0 Å². The van der Waals surface area contributed by atoms with Crippen molar-refractivity contribution in [3.05, 3.63) is 114 Å². The van der Waals surface area contributed by atoms with Crippen molar-refractivity contribution in [2.24, 2.45) is 5.10 Å². The number of aryl methyl sites for hydroxylation is 1. The van der Waals surface area contributed by atoms with E-state index in [1.54, 1.807) is 11.0 Å². The van der Waals surface area contributed by atoms with Gasteiger partial charge in [0.25, 0.3) is 0 Å². The molecule has 0 aliphatic heterocycles. The Morgan fingerprint density at radius 1 is 0.875 bits per heavy atom. The number of rotatable bonds is 6. The van der Waals surface area contributed by atoms with Crippen molar-refractivity contribution in [3.8, 4) is 22.6 Å². The maximum absolute atomic E-state index is 4.88. The van der Waals surface area contributed by atoms with Gasteiger partial charge in [-0.1, -0.05) is 84.4 Å². The smallest absolute Gasteiger partial charge is 0.184 e. The fourth-order valence-electron chi connectivity index (χ4n) is 3.62. The average Bonchev–Trinajstić information content (AvgIpc) is 3.46. The maximum atomic E-state index is 4.88. The van der Waals surface area contributed by atoms with Crippen LogP contribution in [0.3, 0.4) is 0 Å². The zero-order chi connectivity index (χ0) is 21.8. The van der Waals surface area contributed by atoms with Crippen molar-refractivity contribution in [1.29, 1.82) is 0 Å². The van der Waals surface area contributed by atoms with Gasteiger partial charge in [0, 0.05) is 22.9 Å². The quantitative estimate of drug-likeness (QED) is 0.363. The Kier molecular flexibility index (Phi) is 5.41. The summed E-state index contributed by atoms with van der Waals surface area (Å²) in [4.78, 5) is 0. The first-order chi connectivity index (χ1) is 15.8. The summed E-state index contributed by atoms with van der Waals surface area (Å²) in [6, 6.07) is 28.6. The standard InChI is InChI=1S/C26H22N6/c1-20-9-8-14-23(15-20)25-24(18-31(30-25)17-21-10-4-2-5-11-21)16-28-32-19-27-29-26(32)22-12-6-3-7-13-22/h2-16,18-19H,17H2,1H3/b28-16-. The average molecular weight is 419 g/mol. The second-order valence-corrected chi connectivity index (χ2v) is 7.60. The van der Waals surface area contributed by atoms with Gasteiger partial charge in [0.1, 0.15) is 12.0 Å². The van der Waals surface area contributed by atoms with E-state index in [1.807, 2.05) is 65.6 Å². The molecule has 0 saturated carbocycles. The molecule has 0 aliphatic rings. The summed E-state index contributed by atoms with van der Waals surface area (Å²) in [5.41, 5.74) is 6.22. The third kappa shape index (κ3) is 4.25.